The van der Waals surface area contributed by atoms with Crippen LogP contribution in [0.25, 0.3) is 0 Å². The Morgan fingerprint density at radius 3 is 2.75 bits per heavy atom. The van der Waals surface area contributed by atoms with E-state index in [1.54, 1.807) is 19.3 Å². The predicted molar refractivity (Wildman–Crippen MR) is 121 cm³/mol. The van der Waals surface area contributed by atoms with Crippen LogP contribution in [0.15, 0.2) is 23.3 Å². The first-order valence-corrected chi connectivity index (χ1v) is 10.8. The van der Waals surface area contributed by atoms with Crippen molar-refractivity contribution in [2.24, 2.45) is 4.99 Å². The number of sulfonamides is 1. The molecule has 0 amide bonds. The van der Waals surface area contributed by atoms with Crippen LogP contribution in [0.2, 0.25) is 0 Å². The van der Waals surface area contributed by atoms with Gasteiger partial charge < -0.3 is 15.5 Å². The topological polar surface area (TPSA) is 89.9 Å². The van der Waals surface area contributed by atoms with Crippen molar-refractivity contribution in [3.63, 3.8) is 0 Å². The van der Waals surface area contributed by atoms with Gasteiger partial charge in [-0.2, -0.15) is 0 Å². The lowest BCUT2D eigenvalue weighted by Crippen LogP contribution is -2.46. The summed E-state index contributed by atoms with van der Waals surface area (Å²) < 4.78 is 39.8. The highest BCUT2D eigenvalue weighted by Crippen LogP contribution is 2.20. The van der Waals surface area contributed by atoms with E-state index < -0.39 is 10.0 Å². The molecule has 1 aliphatic rings. The summed E-state index contributed by atoms with van der Waals surface area (Å²) in [4.78, 5) is 10.2. The van der Waals surface area contributed by atoms with Crippen molar-refractivity contribution in [2.45, 2.75) is 26.3 Å². The van der Waals surface area contributed by atoms with Crippen molar-refractivity contribution in [1.82, 2.24) is 19.9 Å². The molecule has 1 saturated heterocycles. The van der Waals surface area contributed by atoms with E-state index in [9.17, 15) is 12.8 Å². The van der Waals surface area contributed by atoms with E-state index in [1.165, 1.54) is 10.4 Å². The van der Waals surface area contributed by atoms with Crippen molar-refractivity contribution in [3.8, 4) is 0 Å². The molecule has 28 heavy (non-hydrogen) atoms. The third-order valence-electron chi connectivity index (χ3n) is 4.54. The second kappa shape index (κ2) is 11.7. The number of guanidine groups is 1. The van der Waals surface area contributed by atoms with Gasteiger partial charge in [0, 0.05) is 52.0 Å². The molecule has 2 rings (SSSR count). The van der Waals surface area contributed by atoms with Crippen molar-refractivity contribution in [1.29, 1.82) is 0 Å². The number of hydrogen-bond donors (Lipinski definition) is 2. The molecule has 1 atom stereocenters. The van der Waals surface area contributed by atoms with Crippen LogP contribution in [0, 0.1) is 5.82 Å². The van der Waals surface area contributed by atoms with Gasteiger partial charge in [0.15, 0.2) is 17.6 Å². The lowest BCUT2D eigenvalue weighted by atomic mass is 10.3. The fourth-order valence-electron chi connectivity index (χ4n) is 3.11. The van der Waals surface area contributed by atoms with E-state index in [0.29, 0.717) is 38.0 Å². The summed E-state index contributed by atoms with van der Waals surface area (Å²) in [7, 11) is -1.64. The Labute approximate surface area is 184 Å². The molecule has 0 aliphatic carbocycles. The Morgan fingerprint density at radius 2 is 2.14 bits per heavy atom. The molecule has 1 aromatic rings. The minimum atomic E-state index is -3.27. The van der Waals surface area contributed by atoms with E-state index in [1.807, 2.05) is 18.7 Å². The van der Waals surface area contributed by atoms with Crippen LogP contribution in [0.5, 0.6) is 0 Å². The first-order chi connectivity index (χ1) is 12.9. The number of nitrogens with zero attached hydrogens (tertiary/aromatic N) is 4. The Hall–Kier alpha value is -1.21. The molecular formula is C17H30FIN6O2S. The number of nitrogens with one attached hydrogen (secondary N) is 2. The molecule has 160 valence electrons. The normalized spacial score (nSPS) is 17.5. The second-order valence-electron chi connectivity index (χ2n) is 6.28. The fraction of sp³-hybridized carbons (Fsp3) is 0.647. The van der Waals surface area contributed by atoms with Gasteiger partial charge in [0.2, 0.25) is 10.0 Å². The van der Waals surface area contributed by atoms with Crippen LogP contribution < -0.4 is 15.5 Å². The molecule has 1 aliphatic heterocycles. The fourth-order valence-corrected chi connectivity index (χ4v) is 4.52. The molecule has 1 unspecified atom stereocenters. The molecule has 2 heterocycles. The Bertz CT molecular complexity index is 745. The Morgan fingerprint density at radius 1 is 1.43 bits per heavy atom. The quantitative estimate of drug-likeness (QED) is 0.300. The third-order valence-corrected chi connectivity index (χ3v) is 6.57. The van der Waals surface area contributed by atoms with Gasteiger partial charge in [-0.15, -0.1) is 24.0 Å². The molecule has 2 N–H and O–H groups in total. The standard InChI is InChI=1S/C17H29FN6O2S.HI/c1-4-24(5-2)27(25,26)12-10-21-17(19-3)22-14-8-11-23(13-14)16-15(18)7-6-9-20-16;/h6-7,9,14H,4-5,8,10-13H2,1-3H3,(H2,19,21,22);1H. The minimum absolute atomic E-state index is 0. The van der Waals surface area contributed by atoms with E-state index >= 15 is 0 Å². The third kappa shape index (κ3) is 6.69. The van der Waals surface area contributed by atoms with E-state index in [-0.39, 0.29) is 48.1 Å². The monoisotopic (exact) mass is 528 g/mol. The van der Waals surface area contributed by atoms with E-state index in [0.717, 1.165) is 6.42 Å². The van der Waals surface area contributed by atoms with Crippen LogP contribution in [0.1, 0.15) is 20.3 Å². The van der Waals surface area contributed by atoms with Crippen molar-refractivity contribution in [3.05, 3.63) is 24.1 Å². The number of halogens is 2. The van der Waals surface area contributed by atoms with E-state index in [4.69, 9.17) is 0 Å². The summed E-state index contributed by atoms with van der Waals surface area (Å²) in [6.45, 7) is 6.15. The minimum Gasteiger partial charge on any atom is -0.355 e. The number of hydrogen-bond acceptors (Lipinski definition) is 5. The van der Waals surface area contributed by atoms with Gasteiger partial charge in [-0.3, -0.25) is 4.99 Å². The lowest BCUT2D eigenvalue weighted by molar-refractivity contribution is 0.445. The molecule has 8 nitrogen and oxygen atoms in total. The largest absolute Gasteiger partial charge is 0.355 e. The number of aliphatic imine (C=N–C) groups is 1. The first-order valence-electron chi connectivity index (χ1n) is 9.21. The summed E-state index contributed by atoms with van der Waals surface area (Å²) in [6, 6.07) is 3.06. The zero-order chi connectivity index (χ0) is 19.9. The summed E-state index contributed by atoms with van der Waals surface area (Å²) in [5.74, 6) is 0.570. The zero-order valence-electron chi connectivity index (χ0n) is 16.6. The Kier molecular flexibility index (Phi) is 10.4. The first kappa shape index (κ1) is 24.8. The van der Waals surface area contributed by atoms with Crippen molar-refractivity contribution >= 4 is 45.8 Å². The molecular weight excluding hydrogens is 498 g/mol. The summed E-state index contributed by atoms with van der Waals surface area (Å²) in [5, 5.41) is 6.31. The van der Waals surface area contributed by atoms with Crippen LogP contribution in [0.4, 0.5) is 10.2 Å². The molecule has 0 bridgehead atoms. The van der Waals surface area contributed by atoms with Crippen LogP contribution in [0.3, 0.4) is 0 Å². The van der Waals surface area contributed by atoms with Gasteiger partial charge in [-0.25, -0.2) is 22.1 Å². The number of anilines is 1. The van der Waals surface area contributed by atoms with Gasteiger partial charge in [-0.1, -0.05) is 13.8 Å². The van der Waals surface area contributed by atoms with Crippen LogP contribution in [-0.2, 0) is 10.0 Å². The average molecular weight is 528 g/mol. The molecule has 11 heteroatoms. The highest BCUT2D eigenvalue weighted by Gasteiger charge is 2.26. The van der Waals surface area contributed by atoms with Gasteiger partial charge >= 0.3 is 0 Å². The molecule has 1 fully saturated rings. The van der Waals surface area contributed by atoms with Crippen molar-refractivity contribution in [2.75, 3.05) is 50.4 Å². The maximum absolute atomic E-state index is 13.9. The molecule has 0 saturated carbocycles. The summed E-state index contributed by atoms with van der Waals surface area (Å²) in [5.41, 5.74) is 0. The number of aromatic nitrogens is 1. The maximum atomic E-state index is 13.9. The molecule has 0 aromatic carbocycles. The van der Waals surface area contributed by atoms with Crippen molar-refractivity contribution < 1.29 is 12.8 Å². The number of rotatable bonds is 8. The highest BCUT2D eigenvalue weighted by molar-refractivity contribution is 14.0. The summed E-state index contributed by atoms with van der Waals surface area (Å²) in [6.07, 6.45) is 2.39. The zero-order valence-corrected chi connectivity index (χ0v) is 19.7. The second-order valence-corrected chi connectivity index (χ2v) is 8.37. The maximum Gasteiger partial charge on any atom is 0.215 e. The Balaban J connectivity index is 0.00000392. The van der Waals surface area contributed by atoms with Crippen LogP contribution in [-0.4, -0.2) is 75.2 Å². The van der Waals surface area contributed by atoms with Gasteiger partial charge in [0.25, 0.3) is 0 Å². The summed E-state index contributed by atoms with van der Waals surface area (Å²) >= 11 is 0. The molecule has 0 spiro atoms. The smallest absolute Gasteiger partial charge is 0.215 e. The lowest BCUT2D eigenvalue weighted by Gasteiger charge is -2.21. The van der Waals surface area contributed by atoms with Crippen LogP contribution >= 0.6 is 24.0 Å². The molecule has 1 aromatic heterocycles. The number of pyridine rings is 1. The highest BCUT2D eigenvalue weighted by atomic mass is 127. The average Bonchev–Trinajstić information content (AvgIpc) is 3.10. The van der Waals surface area contributed by atoms with Gasteiger partial charge in [-0.05, 0) is 18.6 Å². The van der Waals surface area contributed by atoms with E-state index in [2.05, 4.69) is 20.6 Å². The SMILES string of the molecule is CCN(CC)S(=O)(=O)CCNC(=NC)NC1CCN(c2ncccc2F)C1.I. The predicted octanol–water partition coefficient (Wildman–Crippen LogP) is 1.25. The van der Waals surface area contributed by atoms with Gasteiger partial charge in [0.1, 0.15) is 0 Å². The van der Waals surface area contributed by atoms with Gasteiger partial charge in [0.05, 0.1) is 5.75 Å². The molecule has 0 radical (unpaired) electrons.